The first-order valence-corrected chi connectivity index (χ1v) is 6.87. The number of hydrogen-bond donors (Lipinski definition) is 0. The summed E-state index contributed by atoms with van der Waals surface area (Å²) in [6.07, 6.45) is 5.72. The molecule has 0 spiro atoms. The summed E-state index contributed by atoms with van der Waals surface area (Å²) in [6, 6.07) is 11.0. The largest absolute Gasteiger partial charge is 0.303 e. The molecule has 0 aliphatic heterocycles. The van der Waals surface area contributed by atoms with Crippen LogP contribution in [0, 0.1) is 5.92 Å². The number of carbonyl (C=O) groups excluding carboxylic acids is 1. The van der Waals surface area contributed by atoms with Crippen molar-refractivity contribution in [2.24, 2.45) is 5.92 Å². The molecule has 0 saturated heterocycles. The molecule has 2 aromatic carbocycles. The predicted octanol–water partition coefficient (Wildman–Crippen LogP) is 3.63. The van der Waals surface area contributed by atoms with Crippen LogP contribution in [0.1, 0.15) is 35.4 Å². The molecule has 0 radical (unpaired) electrons. The Morgan fingerprint density at radius 1 is 1.11 bits per heavy atom. The molecule has 0 saturated carbocycles. The minimum absolute atomic E-state index is 0.199. The van der Waals surface area contributed by atoms with Crippen LogP contribution in [0.4, 0.5) is 0 Å². The molecule has 2 atom stereocenters. The fourth-order valence-corrected chi connectivity index (χ4v) is 3.96. The highest BCUT2D eigenvalue weighted by Gasteiger charge is 2.33. The van der Waals surface area contributed by atoms with Crippen LogP contribution in [0.25, 0.3) is 10.8 Å². The first-order chi connectivity index (χ1) is 8.88. The van der Waals surface area contributed by atoms with Crippen molar-refractivity contribution in [3.63, 3.8) is 0 Å². The van der Waals surface area contributed by atoms with Crippen molar-refractivity contribution < 1.29 is 4.79 Å². The van der Waals surface area contributed by atoms with E-state index in [2.05, 4.69) is 30.3 Å². The molecule has 2 aromatic rings. The van der Waals surface area contributed by atoms with Gasteiger partial charge in [-0.25, -0.2) is 0 Å². The van der Waals surface area contributed by atoms with E-state index >= 15 is 0 Å². The first kappa shape index (κ1) is 10.3. The minimum Gasteiger partial charge on any atom is -0.303 e. The zero-order valence-corrected chi connectivity index (χ0v) is 10.4. The van der Waals surface area contributed by atoms with Gasteiger partial charge in [0.2, 0.25) is 0 Å². The molecule has 2 aliphatic carbocycles. The van der Waals surface area contributed by atoms with Crippen molar-refractivity contribution in [3.05, 3.63) is 47.0 Å². The van der Waals surface area contributed by atoms with Gasteiger partial charge in [-0.2, -0.15) is 0 Å². The van der Waals surface area contributed by atoms with Gasteiger partial charge in [-0.05, 0) is 59.1 Å². The second-order valence-electron chi connectivity index (χ2n) is 5.66. The second-order valence-corrected chi connectivity index (χ2v) is 5.66. The van der Waals surface area contributed by atoms with Gasteiger partial charge in [0.1, 0.15) is 6.29 Å². The Morgan fingerprint density at radius 3 is 2.94 bits per heavy atom. The van der Waals surface area contributed by atoms with Gasteiger partial charge in [0.15, 0.2) is 0 Å². The lowest BCUT2D eigenvalue weighted by molar-refractivity contribution is -0.111. The zero-order valence-electron chi connectivity index (χ0n) is 10.4. The van der Waals surface area contributed by atoms with Crippen molar-refractivity contribution in [3.8, 4) is 0 Å². The van der Waals surface area contributed by atoms with Gasteiger partial charge in [0.05, 0.1) is 0 Å². The predicted molar refractivity (Wildman–Crippen MR) is 72.9 cm³/mol. The molecule has 18 heavy (non-hydrogen) atoms. The Bertz CT molecular complexity index is 641. The fraction of sp³-hybridized carbons (Fsp3) is 0.353. The summed E-state index contributed by atoms with van der Waals surface area (Å²) in [5.74, 6) is 0.675. The third-order valence-electron chi connectivity index (χ3n) is 4.74. The van der Waals surface area contributed by atoms with Gasteiger partial charge < -0.3 is 4.79 Å². The maximum absolute atomic E-state index is 11.4. The molecule has 4 rings (SSSR count). The second kappa shape index (κ2) is 3.68. The average Bonchev–Trinajstić information content (AvgIpc) is 2.44. The number of benzene rings is 2. The molecule has 2 unspecified atom stereocenters. The molecule has 0 fully saturated rings. The van der Waals surface area contributed by atoms with Crippen molar-refractivity contribution >= 4 is 17.1 Å². The van der Waals surface area contributed by atoms with Crippen LogP contribution in [-0.4, -0.2) is 6.29 Å². The lowest BCUT2D eigenvalue weighted by atomic mass is 9.68. The summed E-state index contributed by atoms with van der Waals surface area (Å²) >= 11 is 0. The summed E-state index contributed by atoms with van der Waals surface area (Å²) in [6.45, 7) is 0. The molecule has 1 heteroatoms. The van der Waals surface area contributed by atoms with Crippen molar-refractivity contribution in [1.29, 1.82) is 0 Å². The SMILES string of the molecule is O=CC1Cc2cccc3ccc4c(c23)C1CCC4. The van der Waals surface area contributed by atoms with E-state index in [0.717, 1.165) is 6.42 Å². The van der Waals surface area contributed by atoms with Crippen LogP contribution >= 0.6 is 0 Å². The van der Waals surface area contributed by atoms with Gasteiger partial charge >= 0.3 is 0 Å². The number of aldehydes is 1. The molecular weight excluding hydrogens is 220 g/mol. The third-order valence-corrected chi connectivity index (χ3v) is 4.74. The summed E-state index contributed by atoms with van der Waals surface area (Å²) < 4.78 is 0. The first-order valence-electron chi connectivity index (χ1n) is 6.87. The van der Waals surface area contributed by atoms with Crippen LogP contribution in [-0.2, 0) is 17.6 Å². The van der Waals surface area contributed by atoms with Gasteiger partial charge in [0, 0.05) is 5.92 Å². The van der Waals surface area contributed by atoms with Crippen molar-refractivity contribution in [2.75, 3.05) is 0 Å². The molecule has 0 N–H and O–H groups in total. The van der Waals surface area contributed by atoms with E-state index < -0.39 is 0 Å². The summed E-state index contributed by atoms with van der Waals surface area (Å²) in [5.41, 5.74) is 4.36. The van der Waals surface area contributed by atoms with Crippen LogP contribution in [0.5, 0.6) is 0 Å². The Kier molecular flexibility index (Phi) is 2.11. The quantitative estimate of drug-likeness (QED) is 0.691. The van der Waals surface area contributed by atoms with E-state index in [1.165, 1.54) is 53.0 Å². The zero-order chi connectivity index (χ0) is 12.1. The Balaban J connectivity index is 2.11. The number of rotatable bonds is 1. The van der Waals surface area contributed by atoms with Gasteiger partial charge in [0.25, 0.3) is 0 Å². The normalized spacial score (nSPS) is 25.1. The Labute approximate surface area is 107 Å². The Hall–Kier alpha value is -1.63. The van der Waals surface area contributed by atoms with E-state index in [0.29, 0.717) is 5.92 Å². The molecule has 0 heterocycles. The molecule has 0 aromatic heterocycles. The monoisotopic (exact) mass is 236 g/mol. The molecule has 0 amide bonds. The molecule has 0 bridgehead atoms. The van der Waals surface area contributed by atoms with Gasteiger partial charge in [-0.3, -0.25) is 0 Å². The fourth-order valence-electron chi connectivity index (χ4n) is 3.96. The topological polar surface area (TPSA) is 17.1 Å². The van der Waals surface area contributed by atoms with Crippen LogP contribution in [0.15, 0.2) is 30.3 Å². The maximum Gasteiger partial charge on any atom is 0.124 e. The van der Waals surface area contributed by atoms with Crippen molar-refractivity contribution in [1.82, 2.24) is 0 Å². The molecule has 1 nitrogen and oxygen atoms in total. The highest BCUT2D eigenvalue weighted by Crippen LogP contribution is 2.46. The molecule has 90 valence electrons. The highest BCUT2D eigenvalue weighted by atomic mass is 16.1. The van der Waals surface area contributed by atoms with E-state index in [-0.39, 0.29) is 5.92 Å². The van der Waals surface area contributed by atoms with Gasteiger partial charge in [-0.15, -0.1) is 0 Å². The van der Waals surface area contributed by atoms with E-state index in [4.69, 9.17) is 0 Å². The Morgan fingerprint density at radius 2 is 2.06 bits per heavy atom. The highest BCUT2D eigenvalue weighted by molar-refractivity contribution is 5.92. The maximum atomic E-state index is 11.4. The van der Waals surface area contributed by atoms with E-state index in [9.17, 15) is 4.79 Å². The minimum atomic E-state index is 0.199. The van der Waals surface area contributed by atoms with Crippen molar-refractivity contribution in [2.45, 2.75) is 31.6 Å². The van der Waals surface area contributed by atoms with E-state index in [1.807, 2.05) is 0 Å². The van der Waals surface area contributed by atoms with Crippen LogP contribution in [0.3, 0.4) is 0 Å². The van der Waals surface area contributed by atoms with Crippen LogP contribution in [0.2, 0.25) is 0 Å². The summed E-state index contributed by atoms with van der Waals surface area (Å²) in [5, 5.41) is 2.81. The molecule has 2 aliphatic rings. The third kappa shape index (κ3) is 1.25. The lowest BCUT2D eigenvalue weighted by Crippen LogP contribution is -2.25. The standard InChI is InChI=1S/C17H16O/c18-10-14-9-13-5-1-3-11-7-8-12-4-2-6-15(14)17(12)16(11)13/h1,3,5,7-8,10,14-15H,2,4,6,9H2. The lowest BCUT2D eigenvalue weighted by Gasteiger charge is -2.35. The van der Waals surface area contributed by atoms with E-state index in [1.54, 1.807) is 0 Å². The smallest absolute Gasteiger partial charge is 0.124 e. The average molecular weight is 236 g/mol. The summed E-state index contributed by atoms with van der Waals surface area (Å²) in [4.78, 5) is 11.4. The number of hydrogen-bond acceptors (Lipinski definition) is 1. The summed E-state index contributed by atoms with van der Waals surface area (Å²) in [7, 11) is 0. The van der Waals surface area contributed by atoms with Gasteiger partial charge in [-0.1, -0.05) is 30.3 Å². The number of aryl methyl sites for hydroxylation is 1. The number of carbonyl (C=O) groups is 1. The molecular formula is C17H16O. The van der Waals surface area contributed by atoms with Crippen LogP contribution < -0.4 is 0 Å².